The van der Waals surface area contributed by atoms with Gasteiger partial charge < -0.3 is 4.74 Å². The molecule has 35 heavy (non-hydrogen) atoms. The van der Waals surface area contributed by atoms with Crippen LogP contribution < -0.4 is 5.56 Å². The first-order chi connectivity index (χ1) is 16.6. The Kier molecular flexibility index (Phi) is 6.04. The lowest BCUT2D eigenvalue weighted by atomic mass is 9.72. The van der Waals surface area contributed by atoms with E-state index in [0.717, 1.165) is 46.3 Å². The van der Waals surface area contributed by atoms with Crippen LogP contribution in [0.3, 0.4) is 0 Å². The normalized spacial score (nSPS) is 17.0. The Bertz CT molecular complexity index is 1510. The predicted octanol–water partition coefficient (Wildman–Crippen LogP) is 5.21. The van der Waals surface area contributed by atoms with E-state index in [1.54, 1.807) is 22.8 Å². The van der Waals surface area contributed by atoms with E-state index in [0.29, 0.717) is 16.9 Å². The smallest absolute Gasteiger partial charge is 0.318 e. The number of fused-ring (bicyclic) bond motifs is 5. The van der Waals surface area contributed by atoms with Crippen molar-refractivity contribution in [1.82, 2.24) is 19.2 Å². The summed E-state index contributed by atoms with van der Waals surface area (Å²) in [4.78, 5) is 28.4. The zero-order valence-electron chi connectivity index (χ0n) is 20.9. The first-order valence-corrected chi connectivity index (χ1v) is 13.6. The quantitative estimate of drug-likeness (QED) is 0.277. The average molecular weight is 511 g/mol. The Morgan fingerprint density at radius 1 is 1.26 bits per heavy atom. The van der Waals surface area contributed by atoms with Gasteiger partial charge >= 0.3 is 5.97 Å². The third kappa shape index (κ3) is 3.98. The molecule has 0 unspecified atom stereocenters. The number of para-hydroxylation sites is 1. The second-order valence-electron chi connectivity index (χ2n) is 10.3. The lowest BCUT2D eigenvalue weighted by Crippen LogP contribution is -2.27. The maximum atomic E-state index is 14.1. The molecule has 7 nitrogen and oxygen atoms in total. The van der Waals surface area contributed by atoms with Crippen molar-refractivity contribution in [2.24, 2.45) is 11.3 Å². The van der Waals surface area contributed by atoms with Crippen LogP contribution in [0.15, 0.2) is 34.2 Å². The van der Waals surface area contributed by atoms with Crippen molar-refractivity contribution in [2.75, 3.05) is 7.11 Å². The Morgan fingerprint density at radius 3 is 2.69 bits per heavy atom. The number of rotatable bonds is 4. The van der Waals surface area contributed by atoms with Gasteiger partial charge in [0.25, 0.3) is 5.56 Å². The number of aromatic nitrogens is 4. The summed E-state index contributed by atoms with van der Waals surface area (Å²) < 4.78 is 8.57. The van der Waals surface area contributed by atoms with Gasteiger partial charge in [0.15, 0.2) is 5.16 Å². The topological polar surface area (TPSA) is 78.5 Å². The molecule has 3 heterocycles. The fourth-order valence-electron chi connectivity index (χ4n) is 4.96. The van der Waals surface area contributed by atoms with Crippen LogP contribution in [0.2, 0.25) is 0 Å². The van der Waals surface area contributed by atoms with E-state index >= 15 is 0 Å². The van der Waals surface area contributed by atoms with Crippen LogP contribution in [0.4, 0.5) is 0 Å². The van der Waals surface area contributed by atoms with Gasteiger partial charge in [0.1, 0.15) is 10.1 Å². The number of aryl methyl sites for hydroxylation is 2. The highest BCUT2D eigenvalue weighted by atomic mass is 32.2. The molecule has 0 fully saturated rings. The highest BCUT2D eigenvalue weighted by Crippen LogP contribution is 2.43. The standard InChI is InChI=1S/C26H30N4O3S2/c1-14-9-7-8-10-18(14)29-21(31)20-17-12-11-16(26(3,4)5)13-19(17)35-22(20)30-24(29)27-28-25(30)34-15(2)23(32)33-6/h7-10,15-16H,11-13H2,1-6H3/t15-,16+/m0/s1. The number of nitrogens with zero attached hydrogens (tertiary/aromatic N) is 4. The van der Waals surface area contributed by atoms with Crippen LogP contribution in [0.1, 0.15) is 50.1 Å². The molecule has 184 valence electrons. The van der Waals surface area contributed by atoms with Gasteiger partial charge in [-0.3, -0.25) is 9.59 Å². The van der Waals surface area contributed by atoms with Crippen molar-refractivity contribution in [3.05, 3.63) is 50.6 Å². The monoisotopic (exact) mass is 510 g/mol. The molecule has 4 aromatic rings. The van der Waals surface area contributed by atoms with Gasteiger partial charge in [0.2, 0.25) is 5.78 Å². The van der Waals surface area contributed by atoms with Gasteiger partial charge in [-0.15, -0.1) is 21.5 Å². The Morgan fingerprint density at radius 2 is 2.00 bits per heavy atom. The van der Waals surface area contributed by atoms with Crippen LogP contribution in [0.5, 0.6) is 0 Å². The lowest BCUT2D eigenvalue weighted by Gasteiger charge is -2.33. The maximum Gasteiger partial charge on any atom is 0.318 e. The maximum absolute atomic E-state index is 14.1. The fraction of sp³-hybridized carbons (Fsp3) is 0.462. The number of esters is 1. The Balaban J connectivity index is 1.81. The third-order valence-electron chi connectivity index (χ3n) is 7.08. The van der Waals surface area contributed by atoms with Gasteiger partial charge in [-0.2, -0.15) is 0 Å². The number of benzene rings is 1. The van der Waals surface area contributed by atoms with Gasteiger partial charge in [-0.05, 0) is 61.6 Å². The largest absolute Gasteiger partial charge is 0.468 e. The average Bonchev–Trinajstić information content (AvgIpc) is 3.40. The molecule has 0 spiro atoms. The molecule has 0 aliphatic heterocycles. The number of thioether (sulfide) groups is 1. The van der Waals surface area contributed by atoms with E-state index in [4.69, 9.17) is 4.74 Å². The number of methoxy groups -OCH3 is 1. The van der Waals surface area contributed by atoms with Crippen molar-refractivity contribution in [2.45, 2.75) is 64.3 Å². The molecule has 0 N–H and O–H groups in total. The minimum Gasteiger partial charge on any atom is -0.468 e. The first-order valence-electron chi connectivity index (χ1n) is 11.9. The highest BCUT2D eigenvalue weighted by molar-refractivity contribution is 8.00. The summed E-state index contributed by atoms with van der Waals surface area (Å²) in [6.45, 7) is 10.7. The number of hydrogen-bond acceptors (Lipinski definition) is 7. The van der Waals surface area contributed by atoms with E-state index in [1.165, 1.54) is 23.7 Å². The molecule has 1 aliphatic carbocycles. The molecule has 0 saturated carbocycles. The van der Waals surface area contributed by atoms with E-state index in [9.17, 15) is 9.59 Å². The number of ether oxygens (including phenoxy) is 1. The summed E-state index contributed by atoms with van der Waals surface area (Å²) >= 11 is 2.97. The third-order valence-corrected chi connectivity index (χ3v) is 9.34. The zero-order valence-corrected chi connectivity index (χ0v) is 22.5. The Labute approximate surface area is 212 Å². The van der Waals surface area contributed by atoms with E-state index in [-0.39, 0.29) is 16.9 Å². The minimum absolute atomic E-state index is 0.0570. The summed E-state index contributed by atoms with van der Waals surface area (Å²) in [5, 5.41) is 9.76. The number of thiophene rings is 1. The molecule has 1 aromatic carbocycles. The summed E-state index contributed by atoms with van der Waals surface area (Å²) in [5.74, 6) is 0.697. The van der Waals surface area contributed by atoms with Crippen LogP contribution in [0, 0.1) is 18.3 Å². The number of hydrogen-bond donors (Lipinski definition) is 0. The SMILES string of the molecule is COC(=O)[C@H](C)Sc1nnc2n(-c3ccccc3C)c(=O)c3c4c(sc3n12)C[C@H](C(C)(C)C)CC4. The highest BCUT2D eigenvalue weighted by Gasteiger charge is 2.33. The van der Waals surface area contributed by atoms with Gasteiger partial charge in [-0.1, -0.05) is 50.7 Å². The molecule has 0 amide bonds. The molecule has 0 saturated heterocycles. The molecular formula is C26H30N4O3S2. The Hall–Kier alpha value is -2.65. The summed E-state index contributed by atoms with van der Waals surface area (Å²) in [7, 11) is 1.38. The summed E-state index contributed by atoms with van der Waals surface area (Å²) in [6, 6.07) is 7.82. The molecular weight excluding hydrogens is 480 g/mol. The molecule has 9 heteroatoms. The molecule has 3 aromatic heterocycles. The van der Waals surface area contributed by atoms with Crippen LogP contribution >= 0.6 is 23.1 Å². The van der Waals surface area contributed by atoms with Crippen molar-refractivity contribution in [3.8, 4) is 5.69 Å². The van der Waals surface area contributed by atoms with Crippen molar-refractivity contribution >= 4 is 45.1 Å². The van der Waals surface area contributed by atoms with Gasteiger partial charge in [0.05, 0.1) is 18.2 Å². The van der Waals surface area contributed by atoms with E-state index < -0.39 is 5.25 Å². The van der Waals surface area contributed by atoms with Crippen LogP contribution in [0.25, 0.3) is 21.7 Å². The molecule has 2 atom stereocenters. The number of carbonyl (C=O) groups excluding carboxylic acids is 1. The minimum atomic E-state index is -0.457. The number of carbonyl (C=O) groups is 1. The molecule has 5 rings (SSSR count). The van der Waals surface area contributed by atoms with Crippen molar-refractivity contribution in [3.63, 3.8) is 0 Å². The molecule has 1 aliphatic rings. The predicted molar refractivity (Wildman–Crippen MR) is 141 cm³/mol. The second-order valence-corrected chi connectivity index (χ2v) is 12.7. The summed E-state index contributed by atoms with van der Waals surface area (Å²) in [6.07, 6.45) is 2.91. The summed E-state index contributed by atoms with van der Waals surface area (Å²) in [5.41, 5.74) is 3.08. The van der Waals surface area contributed by atoms with Crippen molar-refractivity contribution in [1.29, 1.82) is 0 Å². The van der Waals surface area contributed by atoms with Gasteiger partial charge in [0, 0.05) is 4.88 Å². The van der Waals surface area contributed by atoms with Crippen LogP contribution in [-0.2, 0) is 22.4 Å². The van der Waals surface area contributed by atoms with E-state index in [1.807, 2.05) is 35.6 Å². The van der Waals surface area contributed by atoms with Gasteiger partial charge in [-0.25, -0.2) is 8.97 Å². The van der Waals surface area contributed by atoms with E-state index in [2.05, 4.69) is 31.0 Å². The lowest BCUT2D eigenvalue weighted by molar-refractivity contribution is -0.139. The molecule has 0 bridgehead atoms. The fourth-order valence-corrected chi connectivity index (χ4v) is 7.31. The first kappa shape index (κ1) is 24.1. The van der Waals surface area contributed by atoms with Crippen LogP contribution in [-0.4, -0.2) is 37.5 Å². The zero-order chi connectivity index (χ0) is 25.1. The molecule has 0 radical (unpaired) electrons. The second kappa shape index (κ2) is 8.78. The van der Waals surface area contributed by atoms with Crippen molar-refractivity contribution < 1.29 is 9.53 Å².